The molecule has 2 aromatic rings. The summed E-state index contributed by atoms with van der Waals surface area (Å²) in [5, 5.41) is 18.0. The summed E-state index contributed by atoms with van der Waals surface area (Å²) in [6, 6.07) is 11.1. The van der Waals surface area contributed by atoms with Crippen molar-refractivity contribution in [2.24, 2.45) is 11.8 Å². The number of fused-ring (bicyclic) bond motifs is 5. The third kappa shape index (κ3) is 14.3. The summed E-state index contributed by atoms with van der Waals surface area (Å²) < 4.78 is 29.5. The van der Waals surface area contributed by atoms with Gasteiger partial charge in [-0.2, -0.15) is 0 Å². The molecular formula is C53H70N4O14S2. The summed E-state index contributed by atoms with van der Waals surface area (Å²) >= 11 is 0. The second-order valence-electron chi connectivity index (χ2n) is 20.4. The van der Waals surface area contributed by atoms with Gasteiger partial charge in [0.15, 0.2) is 5.72 Å². The minimum absolute atomic E-state index is 0.0363. The van der Waals surface area contributed by atoms with Crippen molar-refractivity contribution in [1.82, 2.24) is 10.4 Å². The third-order valence-corrected chi connectivity index (χ3v) is 17.5. The van der Waals surface area contributed by atoms with E-state index in [0.29, 0.717) is 52.6 Å². The number of carbonyl (C=O) groups is 7. The summed E-state index contributed by atoms with van der Waals surface area (Å²) in [6.45, 7) is 15.0. The lowest BCUT2D eigenvalue weighted by molar-refractivity contribution is -0.197. The van der Waals surface area contributed by atoms with E-state index in [1.54, 1.807) is 80.8 Å². The summed E-state index contributed by atoms with van der Waals surface area (Å²) in [4.78, 5) is 96.7. The molecule has 8 atom stereocenters. The third-order valence-electron chi connectivity index (χ3n) is 13.5. The molecule has 73 heavy (non-hydrogen) atoms. The van der Waals surface area contributed by atoms with Gasteiger partial charge in [0.25, 0.3) is 11.8 Å². The van der Waals surface area contributed by atoms with Crippen LogP contribution in [-0.2, 0) is 59.0 Å². The van der Waals surface area contributed by atoms with Crippen LogP contribution in [0.3, 0.4) is 0 Å². The summed E-state index contributed by atoms with van der Waals surface area (Å²) in [6.07, 6.45) is 2.58. The Morgan fingerprint density at radius 3 is 2.34 bits per heavy atom. The van der Waals surface area contributed by atoms with E-state index in [9.17, 15) is 38.7 Å². The lowest BCUT2D eigenvalue weighted by Gasteiger charge is -2.42. The van der Waals surface area contributed by atoms with Crippen LogP contribution < -0.4 is 20.3 Å². The summed E-state index contributed by atoms with van der Waals surface area (Å²) in [5.41, 5.74) is 1.16. The molecule has 0 saturated carbocycles. The van der Waals surface area contributed by atoms with Crippen molar-refractivity contribution in [2.75, 3.05) is 31.5 Å². The Bertz CT molecular complexity index is 2460. The molecule has 3 N–H and O–H groups in total. The maximum absolute atomic E-state index is 14.7. The van der Waals surface area contributed by atoms with Crippen molar-refractivity contribution >= 4 is 74.6 Å². The molecule has 3 fully saturated rings. The number of imide groups is 1. The number of anilines is 2. The number of nitrogens with zero attached hydrogens (tertiary/aromatic N) is 2. The summed E-state index contributed by atoms with van der Waals surface area (Å²) in [5.74, 6) is -3.25. The number of methoxy groups -OCH3 is 2. The highest BCUT2D eigenvalue weighted by Crippen LogP contribution is 2.50. The van der Waals surface area contributed by atoms with Gasteiger partial charge in [-0.15, -0.1) is 5.06 Å². The fraction of sp³-hybridized carbons (Fsp3) is 0.566. The molecule has 5 amide bonds. The van der Waals surface area contributed by atoms with Crippen LogP contribution in [0.15, 0.2) is 60.2 Å². The molecule has 0 aliphatic carbocycles. The molecule has 18 nitrogen and oxygen atoms in total. The number of epoxide rings is 1. The number of amides is 5. The lowest BCUT2D eigenvalue weighted by Crippen LogP contribution is -2.63. The number of nitrogens with one attached hydrogen (secondary N) is 2. The first kappa shape index (κ1) is 56.9. The molecule has 398 valence electrons. The maximum atomic E-state index is 14.7. The second-order valence-corrected chi connectivity index (χ2v) is 23.7. The monoisotopic (exact) mass is 1050 g/mol. The van der Waals surface area contributed by atoms with Gasteiger partial charge in [-0.25, -0.2) is 9.59 Å². The van der Waals surface area contributed by atoms with Gasteiger partial charge in [0, 0.05) is 73.4 Å². The first-order chi connectivity index (χ1) is 34.4. The van der Waals surface area contributed by atoms with Crippen LogP contribution in [0.4, 0.5) is 16.2 Å². The van der Waals surface area contributed by atoms with Gasteiger partial charge >= 0.3 is 18.0 Å². The van der Waals surface area contributed by atoms with Gasteiger partial charge in [0.05, 0.1) is 31.2 Å². The standard InChI is InChI=1S/C53H70N4O14S2/c1-30(2)49(63)69-41-28-45(61)56(9)37-26-34(25-31(3)13-12-14-40(67-11)53(65)29-39(68-50(64)55-53)33(5)48-52(41,8)70-48)27-38(66-10)47(37)35-16-18-36(19-17-35)54-42(58)20-15-32(4)72-73-51(6,7)24-23-46(62)71-57-43(59)21-22-44(57)60/h12-14,16-19,26-27,30,32-33,39-41,48,65H,15,20-25,28-29H2,1-11H3,(H,54,58)(H,55,64)/b14-12+,31-13+/t32?,33-,39+,40-,41+,48+,52+,53+/m1/s1. The van der Waals surface area contributed by atoms with Gasteiger partial charge in [-0.3, -0.25) is 29.3 Å². The average molecular weight is 1050 g/mol. The normalized spacial score (nSPS) is 27.2. The lowest BCUT2D eigenvalue weighted by atomic mass is 9.83. The van der Waals surface area contributed by atoms with Crippen LogP contribution in [0.5, 0.6) is 5.75 Å². The number of benzene rings is 2. The Balaban J connectivity index is 1.19. The fourth-order valence-corrected chi connectivity index (χ4v) is 11.6. The topological polar surface area (TPSA) is 229 Å². The number of ether oxygens (including phenoxy) is 5. The molecule has 3 saturated heterocycles. The van der Waals surface area contributed by atoms with Gasteiger partial charge < -0.3 is 43.8 Å². The van der Waals surface area contributed by atoms with Crippen molar-refractivity contribution in [1.29, 1.82) is 0 Å². The Morgan fingerprint density at radius 2 is 1.70 bits per heavy atom. The largest absolute Gasteiger partial charge is 0.496 e. The van der Waals surface area contributed by atoms with E-state index < -0.39 is 77.4 Å². The number of allylic oxidation sites excluding steroid dienone is 3. The predicted molar refractivity (Wildman–Crippen MR) is 277 cm³/mol. The fourth-order valence-electron chi connectivity index (χ4n) is 9.01. The first-order valence-corrected chi connectivity index (χ1v) is 26.8. The zero-order valence-corrected chi connectivity index (χ0v) is 45.2. The Labute approximate surface area is 435 Å². The smallest absolute Gasteiger partial charge is 0.409 e. The number of aliphatic hydroxyl groups is 1. The highest BCUT2D eigenvalue weighted by atomic mass is 33.1. The molecule has 4 aliphatic rings. The Morgan fingerprint density at radius 1 is 1.01 bits per heavy atom. The molecule has 0 radical (unpaired) electrons. The molecule has 4 heterocycles. The van der Waals surface area contributed by atoms with Crippen molar-refractivity contribution in [3.05, 3.63) is 65.8 Å². The van der Waals surface area contributed by atoms with E-state index in [4.69, 9.17) is 28.5 Å². The number of hydrogen-bond acceptors (Lipinski definition) is 16. The van der Waals surface area contributed by atoms with E-state index in [0.717, 1.165) is 11.1 Å². The quantitative estimate of drug-likeness (QED) is 0.0626. The van der Waals surface area contributed by atoms with E-state index >= 15 is 0 Å². The molecule has 2 aromatic carbocycles. The molecule has 20 heteroatoms. The van der Waals surface area contributed by atoms with Gasteiger partial charge in [-0.1, -0.05) is 85.2 Å². The van der Waals surface area contributed by atoms with Crippen LogP contribution in [-0.4, -0.2) is 119 Å². The van der Waals surface area contributed by atoms with Crippen LogP contribution in [0, 0.1) is 11.8 Å². The molecule has 1 unspecified atom stereocenters. The average Bonchev–Trinajstić information content (AvgIpc) is 3.94. The second kappa shape index (κ2) is 23.9. The zero-order valence-electron chi connectivity index (χ0n) is 43.6. The minimum atomic E-state index is -1.83. The Hall–Kier alpha value is -5.41. The number of hydroxylamine groups is 2. The molecule has 4 aliphatic heterocycles. The van der Waals surface area contributed by atoms with E-state index in [1.165, 1.54) is 12.0 Å². The van der Waals surface area contributed by atoms with E-state index in [-0.39, 0.29) is 60.3 Å². The van der Waals surface area contributed by atoms with E-state index in [2.05, 4.69) is 10.6 Å². The molecule has 4 bridgehead atoms. The highest BCUT2D eigenvalue weighted by Gasteiger charge is 2.64. The van der Waals surface area contributed by atoms with Crippen molar-refractivity contribution in [2.45, 2.75) is 159 Å². The van der Waals surface area contributed by atoms with Crippen molar-refractivity contribution in [3.8, 4) is 16.9 Å². The first-order valence-electron chi connectivity index (χ1n) is 24.6. The van der Waals surface area contributed by atoms with Crippen LogP contribution in [0.2, 0.25) is 0 Å². The number of alkyl carbamates (subject to hydrolysis) is 1. The molecule has 0 spiro atoms. The van der Waals surface area contributed by atoms with Gasteiger partial charge in [0.1, 0.15) is 29.7 Å². The van der Waals surface area contributed by atoms with Gasteiger partial charge in [0.2, 0.25) is 11.8 Å². The van der Waals surface area contributed by atoms with Crippen LogP contribution in [0.1, 0.15) is 112 Å². The maximum Gasteiger partial charge on any atom is 0.409 e. The summed E-state index contributed by atoms with van der Waals surface area (Å²) in [7, 11) is 7.86. The van der Waals surface area contributed by atoms with Crippen molar-refractivity contribution in [3.63, 3.8) is 0 Å². The number of carbonyl (C=O) groups excluding carboxylic acids is 7. The molecular weight excluding hydrogens is 981 g/mol. The van der Waals surface area contributed by atoms with E-state index in [1.807, 2.05) is 65.0 Å². The number of hydrogen-bond donors (Lipinski definition) is 3. The molecule has 0 aromatic heterocycles. The predicted octanol–water partition coefficient (Wildman–Crippen LogP) is 7.99. The number of rotatable bonds is 16. The SMILES string of the molecule is COc1cc2cc(c1-c1ccc(NC(=O)CCC(C)SSC(C)(C)CCC(=O)ON3C(=O)CCC3=O)cc1)N(C)C(=O)C[C@H](OC(=O)C(C)C)[C@]1(C)O[C@H]1[C@H](C)[C@@H]1C[C@@](O)(NC(=O)O1)[C@H](OC)/C=C/C=C(\C)C2. The highest BCUT2D eigenvalue weighted by molar-refractivity contribution is 8.77. The number of esters is 1. The van der Waals surface area contributed by atoms with Crippen LogP contribution in [0.25, 0.3) is 11.1 Å². The minimum Gasteiger partial charge on any atom is -0.496 e. The van der Waals surface area contributed by atoms with Crippen LogP contribution >= 0.6 is 21.6 Å². The van der Waals surface area contributed by atoms with Gasteiger partial charge in [-0.05, 0) is 82.3 Å². The molecule has 6 rings (SSSR count). The van der Waals surface area contributed by atoms with Crippen molar-refractivity contribution < 1.29 is 67.2 Å². The Kier molecular flexibility index (Phi) is 18.6. The zero-order chi connectivity index (χ0) is 53.6.